The maximum atomic E-state index is 12.0. The minimum absolute atomic E-state index is 0.115. The second-order valence-corrected chi connectivity index (χ2v) is 5.30. The summed E-state index contributed by atoms with van der Waals surface area (Å²) in [6.45, 7) is 3.91. The van der Waals surface area contributed by atoms with E-state index in [1.54, 1.807) is 21.0 Å². The van der Waals surface area contributed by atoms with Gasteiger partial charge in [0.2, 0.25) is 5.91 Å². The maximum absolute atomic E-state index is 12.0. The Labute approximate surface area is 134 Å². The number of methoxy groups -OCH3 is 1. The summed E-state index contributed by atoms with van der Waals surface area (Å²) in [5.41, 5.74) is 1.97. The lowest BCUT2D eigenvalue weighted by atomic mass is 10.1. The Hall–Kier alpha value is -2.63. The summed E-state index contributed by atoms with van der Waals surface area (Å²) in [4.78, 5) is 30.8. The van der Waals surface area contributed by atoms with Gasteiger partial charge >= 0.3 is 0 Å². The molecule has 23 heavy (non-hydrogen) atoms. The molecule has 0 aliphatic heterocycles. The van der Waals surface area contributed by atoms with Gasteiger partial charge in [0.25, 0.3) is 5.56 Å². The van der Waals surface area contributed by atoms with Crippen LogP contribution >= 0.6 is 0 Å². The summed E-state index contributed by atoms with van der Waals surface area (Å²) < 4.78 is 5.24. The number of ether oxygens (including phenoxy) is 1. The number of carbonyl (C=O) groups excluding carboxylic acids is 1. The molecule has 1 heterocycles. The van der Waals surface area contributed by atoms with Crippen LogP contribution in [-0.2, 0) is 17.8 Å². The number of nitrogens with one attached hydrogen (secondary N) is 2. The Balaban J connectivity index is 1.92. The van der Waals surface area contributed by atoms with E-state index in [0.717, 1.165) is 11.3 Å². The Bertz CT molecular complexity index is 753. The van der Waals surface area contributed by atoms with Crippen LogP contribution in [0.15, 0.2) is 29.1 Å². The topological polar surface area (TPSA) is 84.1 Å². The fourth-order valence-electron chi connectivity index (χ4n) is 2.42. The van der Waals surface area contributed by atoms with Crippen LogP contribution in [0.4, 0.5) is 0 Å². The van der Waals surface area contributed by atoms with E-state index in [1.165, 1.54) is 0 Å². The molecule has 1 aromatic carbocycles. The Kier molecular flexibility index (Phi) is 5.51. The highest BCUT2D eigenvalue weighted by Crippen LogP contribution is 2.16. The standard InChI is InChI=1S/C17H21N3O3/c1-11-14(17(22)20-12(2)19-11)8-9-16(21)18-10-13-6-4-5-7-15(13)23-3/h4-7H,8-10H2,1-3H3,(H,18,21)(H,19,20,22). The molecule has 0 aliphatic rings. The minimum Gasteiger partial charge on any atom is -0.496 e. The first kappa shape index (κ1) is 16.7. The van der Waals surface area contributed by atoms with Crippen molar-refractivity contribution in [3.05, 3.63) is 57.3 Å². The van der Waals surface area contributed by atoms with Crippen LogP contribution in [0.5, 0.6) is 5.75 Å². The number of para-hydroxylation sites is 1. The number of H-pyrrole nitrogens is 1. The van der Waals surface area contributed by atoms with Crippen molar-refractivity contribution in [2.75, 3.05) is 7.11 Å². The van der Waals surface area contributed by atoms with E-state index in [2.05, 4.69) is 15.3 Å². The average molecular weight is 315 g/mol. The van der Waals surface area contributed by atoms with Crippen LogP contribution in [0, 0.1) is 13.8 Å². The summed E-state index contributed by atoms with van der Waals surface area (Å²) in [6.07, 6.45) is 0.607. The Morgan fingerprint density at radius 2 is 2.04 bits per heavy atom. The molecule has 0 unspecified atom stereocenters. The highest BCUT2D eigenvalue weighted by molar-refractivity contribution is 5.76. The number of amides is 1. The third-order valence-electron chi connectivity index (χ3n) is 3.61. The van der Waals surface area contributed by atoms with Gasteiger partial charge in [0, 0.05) is 29.8 Å². The van der Waals surface area contributed by atoms with Crippen molar-refractivity contribution in [1.82, 2.24) is 15.3 Å². The molecule has 6 heteroatoms. The van der Waals surface area contributed by atoms with Crippen molar-refractivity contribution < 1.29 is 9.53 Å². The third kappa shape index (κ3) is 4.42. The summed E-state index contributed by atoms with van der Waals surface area (Å²) in [5, 5.41) is 2.84. The van der Waals surface area contributed by atoms with Crippen LogP contribution in [0.1, 0.15) is 29.1 Å². The summed E-state index contributed by atoms with van der Waals surface area (Å²) in [7, 11) is 1.60. The van der Waals surface area contributed by atoms with Gasteiger partial charge in [0.1, 0.15) is 11.6 Å². The van der Waals surface area contributed by atoms with Gasteiger partial charge in [0.05, 0.1) is 7.11 Å². The number of rotatable bonds is 6. The first-order chi connectivity index (χ1) is 11.0. The highest BCUT2D eigenvalue weighted by atomic mass is 16.5. The van der Waals surface area contributed by atoms with E-state index in [9.17, 15) is 9.59 Å². The quantitative estimate of drug-likeness (QED) is 0.849. The van der Waals surface area contributed by atoms with Gasteiger partial charge < -0.3 is 15.0 Å². The number of nitrogens with zero attached hydrogens (tertiary/aromatic N) is 1. The lowest BCUT2D eigenvalue weighted by Gasteiger charge is -2.10. The van der Waals surface area contributed by atoms with Crippen molar-refractivity contribution in [1.29, 1.82) is 0 Å². The highest BCUT2D eigenvalue weighted by Gasteiger charge is 2.10. The van der Waals surface area contributed by atoms with E-state index in [-0.39, 0.29) is 17.9 Å². The minimum atomic E-state index is -0.174. The van der Waals surface area contributed by atoms with Gasteiger partial charge in [0.15, 0.2) is 0 Å². The van der Waals surface area contributed by atoms with Crippen molar-refractivity contribution in [3.63, 3.8) is 0 Å². The van der Waals surface area contributed by atoms with Gasteiger partial charge in [-0.25, -0.2) is 4.98 Å². The summed E-state index contributed by atoms with van der Waals surface area (Å²) in [6, 6.07) is 7.52. The van der Waals surface area contributed by atoms with E-state index >= 15 is 0 Å². The monoisotopic (exact) mass is 315 g/mol. The average Bonchev–Trinajstić information content (AvgIpc) is 2.52. The molecule has 0 saturated carbocycles. The molecule has 0 fully saturated rings. The molecule has 0 radical (unpaired) electrons. The number of hydrogen-bond donors (Lipinski definition) is 2. The number of benzene rings is 1. The van der Waals surface area contributed by atoms with Crippen molar-refractivity contribution in [2.24, 2.45) is 0 Å². The molecule has 0 bridgehead atoms. The van der Waals surface area contributed by atoms with Gasteiger partial charge in [-0.1, -0.05) is 18.2 Å². The molecule has 0 saturated heterocycles. The summed E-state index contributed by atoms with van der Waals surface area (Å²) >= 11 is 0. The number of aromatic amines is 1. The van der Waals surface area contributed by atoms with Gasteiger partial charge in [-0.3, -0.25) is 9.59 Å². The largest absolute Gasteiger partial charge is 0.496 e. The molecule has 0 spiro atoms. The van der Waals surface area contributed by atoms with E-state index < -0.39 is 0 Å². The number of carbonyl (C=O) groups is 1. The van der Waals surface area contributed by atoms with E-state index in [0.29, 0.717) is 30.0 Å². The predicted molar refractivity (Wildman–Crippen MR) is 87.5 cm³/mol. The zero-order chi connectivity index (χ0) is 16.8. The first-order valence-corrected chi connectivity index (χ1v) is 7.46. The number of hydrogen-bond acceptors (Lipinski definition) is 4. The van der Waals surface area contributed by atoms with Gasteiger partial charge in [-0.15, -0.1) is 0 Å². The van der Waals surface area contributed by atoms with Crippen LogP contribution in [0.3, 0.4) is 0 Å². The molecule has 0 aliphatic carbocycles. The molecule has 6 nitrogen and oxygen atoms in total. The first-order valence-electron chi connectivity index (χ1n) is 7.46. The molecular weight excluding hydrogens is 294 g/mol. The van der Waals surface area contributed by atoms with Crippen LogP contribution < -0.4 is 15.6 Å². The molecule has 1 amide bonds. The van der Waals surface area contributed by atoms with E-state index in [1.807, 2.05) is 24.3 Å². The number of aryl methyl sites for hydroxylation is 2. The van der Waals surface area contributed by atoms with Crippen LogP contribution in [0.2, 0.25) is 0 Å². The predicted octanol–water partition coefficient (Wildman–Crippen LogP) is 1.64. The SMILES string of the molecule is COc1ccccc1CNC(=O)CCc1c(C)nc(C)[nH]c1=O. The van der Waals surface area contributed by atoms with Crippen molar-refractivity contribution in [2.45, 2.75) is 33.2 Å². The van der Waals surface area contributed by atoms with E-state index in [4.69, 9.17) is 4.74 Å². The zero-order valence-corrected chi connectivity index (χ0v) is 13.6. The number of aromatic nitrogens is 2. The second-order valence-electron chi connectivity index (χ2n) is 5.30. The van der Waals surface area contributed by atoms with Crippen molar-refractivity contribution in [3.8, 4) is 5.75 Å². The molecule has 0 atom stereocenters. The lowest BCUT2D eigenvalue weighted by Crippen LogP contribution is -2.25. The van der Waals surface area contributed by atoms with Crippen molar-refractivity contribution >= 4 is 5.91 Å². The molecule has 2 aromatic rings. The van der Waals surface area contributed by atoms with Gasteiger partial charge in [-0.2, -0.15) is 0 Å². The smallest absolute Gasteiger partial charge is 0.254 e. The van der Waals surface area contributed by atoms with Gasteiger partial charge in [-0.05, 0) is 26.3 Å². The molecule has 2 N–H and O–H groups in total. The Morgan fingerprint density at radius 3 is 2.74 bits per heavy atom. The molecule has 2 rings (SSSR count). The second kappa shape index (κ2) is 7.58. The maximum Gasteiger partial charge on any atom is 0.254 e. The fraction of sp³-hybridized carbons (Fsp3) is 0.353. The summed E-state index contributed by atoms with van der Waals surface area (Å²) in [5.74, 6) is 1.20. The molecular formula is C17H21N3O3. The molecule has 122 valence electrons. The zero-order valence-electron chi connectivity index (χ0n) is 13.6. The van der Waals surface area contributed by atoms with Crippen LogP contribution in [0.25, 0.3) is 0 Å². The third-order valence-corrected chi connectivity index (χ3v) is 3.61. The molecule has 1 aromatic heterocycles. The normalized spacial score (nSPS) is 10.4. The Morgan fingerprint density at radius 1 is 1.30 bits per heavy atom. The lowest BCUT2D eigenvalue weighted by molar-refractivity contribution is -0.121. The van der Waals surface area contributed by atoms with Crippen LogP contribution in [-0.4, -0.2) is 23.0 Å². The fourth-order valence-corrected chi connectivity index (χ4v) is 2.42.